The number of nitrogens with zero attached hydrogens (tertiary/aromatic N) is 2. The third kappa shape index (κ3) is 3.77. The topological polar surface area (TPSA) is 50.1 Å². The van der Waals surface area contributed by atoms with E-state index in [2.05, 4.69) is 40.2 Å². The van der Waals surface area contributed by atoms with E-state index in [1.165, 1.54) is 0 Å². The van der Waals surface area contributed by atoms with Gasteiger partial charge in [-0.1, -0.05) is 13.8 Å². The van der Waals surface area contributed by atoms with Gasteiger partial charge in [-0.15, -0.1) is 0 Å². The zero-order valence-corrected chi connectivity index (χ0v) is 10.0. The quantitative estimate of drug-likeness (QED) is 0.832. The van der Waals surface area contributed by atoms with Crippen LogP contribution in [0, 0.1) is 0 Å². The van der Waals surface area contributed by atoms with Crippen molar-refractivity contribution in [2.45, 2.75) is 32.5 Å². The van der Waals surface area contributed by atoms with Gasteiger partial charge in [0, 0.05) is 18.3 Å². The van der Waals surface area contributed by atoms with Gasteiger partial charge in [-0.05, 0) is 15.9 Å². The van der Waals surface area contributed by atoms with Crippen LogP contribution in [0.2, 0.25) is 0 Å². The van der Waals surface area contributed by atoms with Crippen molar-refractivity contribution in [1.29, 1.82) is 0 Å². The normalized spacial score (nSPS) is 13.5. The zero-order valence-electron chi connectivity index (χ0n) is 8.44. The molecule has 0 spiro atoms. The van der Waals surface area contributed by atoms with Crippen molar-refractivity contribution >= 4 is 15.9 Å². The lowest BCUT2D eigenvalue weighted by atomic mass is 10.2. The van der Waals surface area contributed by atoms with Gasteiger partial charge in [0.2, 0.25) is 0 Å². The molecule has 80 valence electrons. The molecule has 0 aliphatic heterocycles. The summed E-state index contributed by atoms with van der Waals surface area (Å²) in [6.07, 6.45) is 3.63. The number of aliphatic hydroxyl groups excluding tert-OH is 1. The molecule has 0 fully saturated rings. The largest absolute Gasteiger partial charge is 0.395 e. The van der Waals surface area contributed by atoms with Crippen LogP contribution in [0.3, 0.4) is 0 Å². The van der Waals surface area contributed by atoms with Gasteiger partial charge in [0.05, 0.1) is 23.8 Å². The van der Waals surface area contributed by atoms with Crippen LogP contribution in [0.4, 0.5) is 0 Å². The van der Waals surface area contributed by atoms with Gasteiger partial charge in [-0.25, -0.2) is 0 Å². The molecule has 1 heterocycles. The van der Waals surface area contributed by atoms with E-state index in [-0.39, 0.29) is 12.6 Å². The molecule has 1 unspecified atom stereocenters. The summed E-state index contributed by atoms with van der Waals surface area (Å²) in [4.78, 5) is 0. The van der Waals surface area contributed by atoms with Crippen LogP contribution in [0.25, 0.3) is 0 Å². The Morgan fingerprint density at radius 2 is 2.36 bits per heavy atom. The molecule has 0 saturated carbocycles. The molecule has 1 atom stereocenters. The second-order valence-corrected chi connectivity index (χ2v) is 4.50. The first-order chi connectivity index (χ1) is 6.61. The smallest absolute Gasteiger partial charge is 0.0632 e. The van der Waals surface area contributed by atoms with Gasteiger partial charge in [-0.3, -0.25) is 4.68 Å². The van der Waals surface area contributed by atoms with Gasteiger partial charge in [0.1, 0.15) is 0 Å². The Labute approximate surface area is 92.4 Å². The first-order valence-corrected chi connectivity index (χ1v) is 5.46. The minimum Gasteiger partial charge on any atom is -0.395 e. The van der Waals surface area contributed by atoms with Gasteiger partial charge in [0.25, 0.3) is 0 Å². The van der Waals surface area contributed by atoms with Crippen LogP contribution in [-0.2, 0) is 6.54 Å². The molecule has 0 radical (unpaired) electrons. The van der Waals surface area contributed by atoms with Crippen LogP contribution in [-0.4, -0.2) is 33.6 Å². The molecule has 0 saturated heterocycles. The first-order valence-electron chi connectivity index (χ1n) is 4.66. The molecule has 0 aliphatic rings. The summed E-state index contributed by atoms with van der Waals surface area (Å²) >= 11 is 3.33. The summed E-state index contributed by atoms with van der Waals surface area (Å²) in [6, 6.07) is 0.424. The second-order valence-electron chi connectivity index (χ2n) is 3.58. The van der Waals surface area contributed by atoms with E-state index in [0.717, 1.165) is 4.47 Å². The van der Waals surface area contributed by atoms with Gasteiger partial charge in [-0.2, -0.15) is 5.10 Å². The van der Waals surface area contributed by atoms with Crippen LogP contribution in [0.1, 0.15) is 13.8 Å². The standard InChI is InChI=1S/C9H16BrN3O/c1-7(2)12-9(6-14)5-13-4-8(10)3-11-13/h3-4,7,9,12,14H,5-6H2,1-2H3. The minimum atomic E-state index is 0.0572. The molecule has 1 aromatic heterocycles. The number of aliphatic hydroxyl groups is 1. The molecule has 0 aliphatic carbocycles. The summed E-state index contributed by atoms with van der Waals surface area (Å²) in [6.45, 7) is 4.92. The summed E-state index contributed by atoms with van der Waals surface area (Å²) in [5.74, 6) is 0. The molecule has 5 heteroatoms. The first kappa shape index (κ1) is 11.7. The molecule has 4 nitrogen and oxygen atoms in total. The second kappa shape index (κ2) is 5.48. The van der Waals surface area contributed by atoms with Crippen molar-refractivity contribution in [2.75, 3.05) is 6.61 Å². The maximum atomic E-state index is 9.13. The van der Waals surface area contributed by atoms with Crippen molar-refractivity contribution in [3.05, 3.63) is 16.9 Å². The highest BCUT2D eigenvalue weighted by Crippen LogP contribution is 2.06. The van der Waals surface area contributed by atoms with Crippen molar-refractivity contribution < 1.29 is 5.11 Å². The van der Waals surface area contributed by atoms with E-state index < -0.39 is 0 Å². The summed E-state index contributed by atoms with van der Waals surface area (Å²) < 4.78 is 2.76. The van der Waals surface area contributed by atoms with Gasteiger partial charge >= 0.3 is 0 Å². The summed E-state index contributed by atoms with van der Waals surface area (Å²) in [5, 5.41) is 16.5. The lowest BCUT2D eigenvalue weighted by Crippen LogP contribution is -2.40. The minimum absolute atomic E-state index is 0.0572. The van der Waals surface area contributed by atoms with E-state index in [1.807, 2.05) is 6.20 Å². The van der Waals surface area contributed by atoms with E-state index in [0.29, 0.717) is 12.6 Å². The average Bonchev–Trinajstić information content (AvgIpc) is 2.49. The lowest BCUT2D eigenvalue weighted by molar-refractivity contribution is 0.218. The Morgan fingerprint density at radius 3 is 2.79 bits per heavy atom. The number of rotatable bonds is 5. The SMILES string of the molecule is CC(C)NC(CO)Cn1cc(Br)cn1. The van der Waals surface area contributed by atoms with Gasteiger partial charge in [0.15, 0.2) is 0 Å². The summed E-state index contributed by atoms with van der Waals surface area (Å²) in [7, 11) is 0. The predicted octanol–water partition coefficient (Wildman–Crippen LogP) is 1.00. The van der Waals surface area contributed by atoms with Crippen molar-refractivity contribution in [2.24, 2.45) is 0 Å². The molecule has 0 bridgehead atoms. The van der Waals surface area contributed by atoms with Crippen LogP contribution in [0.5, 0.6) is 0 Å². The Bertz CT molecular complexity index is 275. The maximum absolute atomic E-state index is 9.13. The zero-order chi connectivity index (χ0) is 10.6. The molecule has 0 amide bonds. The predicted molar refractivity (Wildman–Crippen MR) is 59.1 cm³/mol. The van der Waals surface area contributed by atoms with Crippen LogP contribution >= 0.6 is 15.9 Å². The third-order valence-corrected chi connectivity index (χ3v) is 2.21. The fourth-order valence-electron chi connectivity index (χ4n) is 1.30. The molecule has 2 N–H and O–H groups in total. The van der Waals surface area contributed by atoms with Gasteiger partial charge < -0.3 is 10.4 Å². The molecule has 1 aromatic rings. The fraction of sp³-hybridized carbons (Fsp3) is 0.667. The third-order valence-electron chi connectivity index (χ3n) is 1.80. The average molecular weight is 262 g/mol. The number of hydrogen-bond acceptors (Lipinski definition) is 3. The highest BCUT2D eigenvalue weighted by molar-refractivity contribution is 9.10. The van der Waals surface area contributed by atoms with Crippen molar-refractivity contribution in [3.8, 4) is 0 Å². The number of aromatic nitrogens is 2. The van der Waals surface area contributed by atoms with Crippen molar-refractivity contribution in [3.63, 3.8) is 0 Å². The Morgan fingerprint density at radius 1 is 1.64 bits per heavy atom. The molecular weight excluding hydrogens is 246 g/mol. The van der Waals surface area contributed by atoms with E-state index >= 15 is 0 Å². The lowest BCUT2D eigenvalue weighted by Gasteiger charge is -2.18. The Kier molecular flexibility index (Phi) is 4.57. The molecule has 1 rings (SSSR count). The summed E-state index contributed by atoms with van der Waals surface area (Å²) in [5.41, 5.74) is 0. The number of hydrogen-bond donors (Lipinski definition) is 2. The number of halogens is 1. The Hall–Kier alpha value is -0.390. The van der Waals surface area contributed by atoms with Crippen LogP contribution in [0.15, 0.2) is 16.9 Å². The van der Waals surface area contributed by atoms with Crippen LogP contribution < -0.4 is 5.32 Å². The number of nitrogens with one attached hydrogen (secondary N) is 1. The van der Waals surface area contributed by atoms with E-state index in [4.69, 9.17) is 5.11 Å². The maximum Gasteiger partial charge on any atom is 0.0632 e. The fourth-order valence-corrected chi connectivity index (χ4v) is 1.63. The monoisotopic (exact) mass is 261 g/mol. The molecule has 0 aromatic carbocycles. The highest BCUT2D eigenvalue weighted by Gasteiger charge is 2.09. The van der Waals surface area contributed by atoms with Crippen molar-refractivity contribution in [1.82, 2.24) is 15.1 Å². The Balaban J connectivity index is 2.48. The highest BCUT2D eigenvalue weighted by atomic mass is 79.9. The molecular formula is C9H16BrN3O. The van der Waals surface area contributed by atoms with E-state index in [1.54, 1.807) is 10.9 Å². The molecule has 14 heavy (non-hydrogen) atoms. The van der Waals surface area contributed by atoms with E-state index in [9.17, 15) is 0 Å².